The van der Waals surface area contributed by atoms with E-state index >= 15 is 0 Å². The fraction of sp³-hybridized carbons (Fsp3) is 0.143. The van der Waals surface area contributed by atoms with Gasteiger partial charge in [-0.1, -0.05) is 6.07 Å². The van der Waals surface area contributed by atoms with E-state index in [1.165, 1.54) is 17.4 Å². The summed E-state index contributed by atoms with van der Waals surface area (Å²) in [6, 6.07) is 13.0. The van der Waals surface area contributed by atoms with Crippen molar-refractivity contribution in [2.45, 2.75) is 0 Å². The molecule has 0 aliphatic carbocycles. The summed E-state index contributed by atoms with van der Waals surface area (Å²) in [6.07, 6.45) is 3.16. The van der Waals surface area contributed by atoms with Crippen molar-refractivity contribution in [2.24, 2.45) is 0 Å². The molecule has 0 unspecified atom stereocenters. The summed E-state index contributed by atoms with van der Waals surface area (Å²) in [7, 11) is 4.77. The summed E-state index contributed by atoms with van der Waals surface area (Å²) in [6.45, 7) is 0. The van der Waals surface area contributed by atoms with Gasteiger partial charge in [-0.25, -0.2) is 4.98 Å². The van der Waals surface area contributed by atoms with Gasteiger partial charge in [0.25, 0.3) is 0 Å². The number of rotatable bonds is 7. The Hall–Kier alpha value is -3.32. The van der Waals surface area contributed by atoms with Gasteiger partial charge in [0, 0.05) is 17.0 Å². The number of nitrogens with one attached hydrogen (secondary N) is 1. The van der Waals surface area contributed by atoms with Crippen molar-refractivity contribution >= 4 is 28.5 Å². The van der Waals surface area contributed by atoms with Crippen LogP contribution in [0, 0.1) is 0 Å². The molecule has 0 bridgehead atoms. The molecule has 2 aromatic carbocycles. The zero-order valence-electron chi connectivity index (χ0n) is 15.8. The second kappa shape index (κ2) is 9.05. The Morgan fingerprint density at radius 1 is 1.00 bits per heavy atom. The molecule has 1 amide bonds. The van der Waals surface area contributed by atoms with Crippen LogP contribution in [0.3, 0.4) is 0 Å². The molecular formula is C21H20N2O4S. The van der Waals surface area contributed by atoms with Crippen molar-refractivity contribution < 1.29 is 19.0 Å². The number of benzene rings is 2. The number of thiazole rings is 1. The van der Waals surface area contributed by atoms with Crippen LogP contribution in [0.5, 0.6) is 17.2 Å². The number of nitrogens with zero attached hydrogens (tertiary/aromatic N) is 1. The number of amides is 1. The van der Waals surface area contributed by atoms with E-state index in [4.69, 9.17) is 14.2 Å². The Morgan fingerprint density at radius 2 is 1.75 bits per heavy atom. The molecule has 1 aromatic heterocycles. The quantitative estimate of drug-likeness (QED) is 0.596. The minimum atomic E-state index is -0.259. The lowest BCUT2D eigenvalue weighted by Crippen LogP contribution is -2.07. The van der Waals surface area contributed by atoms with Gasteiger partial charge in [0.05, 0.1) is 27.0 Å². The molecule has 0 atom stereocenters. The van der Waals surface area contributed by atoms with Gasteiger partial charge in [-0.3, -0.25) is 10.1 Å². The Bertz CT molecular complexity index is 980. The molecule has 0 saturated carbocycles. The van der Waals surface area contributed by atoms with E-state index < -0.39 is 0 Å². The lowest BCUT2D eigenvalue weighted by molar-refractivity contribution is -0.111. The number of ether oxygens (including phenoxy) is 3. The third-order valence-corrected chi connectivity index (χ3v) is 4.71. The predicted molar refractivity (Wildman–Crippen MR) is 111 cm³/mol. The normalized spacial score (nSPS) is 10.7. The Kier molecular flexibility index (Phi) is 6.29. The second-order valence-electron chi connectivity index (χ2n) is 5.70. The molecule has 0 spiro atoms. The van der Waals surface area contributed by atoms with Gasteiger partial charge in [-0.15, -0.1) is 11.3 Å². The second-order valence-corrected chi connectivity index (χ2v) is 6.56. The van der Waals surface area contributed by atoms with E-state index in [0.717, 1.165) is 22.6 Å². The predicted octanol–water partition coefficient (Wildman–Crippen LogP) is 4.49. The largest absolute Gasteiger partial charge is 0.497 e. The smallest absolute Gasteiger partial charge is 0.250 e. The topological polar surface area (TPSA) is 69.7 Å². The number of methoxy groups -OCH3 is 3. The van der Waals surface area contributed by atoms with Crippen LogP contribution in [0.4, 0.5) is 5.13 Å². The molecule has 1 heterocycles. The van der Waals surface area contributed by atoms with E-state index in [9.17, 15) is 4.79 Å². The lowest BCUT2D eigenvalue weighted by Gasteiger charge is -2.07. The van der Waals surface area contributed by atoms with Gasteiger partial charge in [-0.2, -0.15) is 0 Å². The molecular weight excluding hydrogens is 376 g/mol. The number of carbonyl (C=O) groups is 1. The first-order chi connectivity index (χ1) is 13.6. The number of aromatic nitrogens is 1. The van der Waals surface area contributed by atoms with Crippen LogP contribution in [0.25, 0.3) is 17.3 Å². The lowest BCUT2D eigenvalue weighted by atomic mass is 10.2. The van der Waals surface area contributed by atoms with Crippen molar-refractivity contribution in [3.05, 3.63) is 59.5 Å². The van der Waals surface area contributed by atoms with Crippen LogP contribution < -0.4 is 19.5 Å². The molecule has 3 aromatic rings. The van der Waals surface area contributed by atoms with Crippen LogP contribution >= 0.6 is 11.3 Å². The summed E-state index contributed by atoms with van der Waals surface area (Å²) < 4.78 is 15.6. The van der Waals surface area contributed by atoms with Gasteiger partial charge in [0.1, 0.15) is 5.75 Å². The van der Waals surface area contributed by atoms with Crippen molar-refractivity contribution in [3.63, 3.8) is 0 Å². The highest BCUT2D eigenvalue weighted by molar-refractivity contribution is 7.14. The molecule has 7 heteroatoms. The van der Waals surface area contributed by atoms with Gasteiger partial charge >= 0.3 is 0 Å². The van der Waals surface area contributed by atoms with Crippen LogP contribution in [-0.2, 0) is 4.79 Å². The molecule has 0 fully saturated rings. The summed E-state index contributed by atoms with van der Waals surface area (Å²) in [5.74, 6) is 1.77. The average molecular weight is 396 g/mol. The molecule has 0 radical (unpaired) electrons. The third-order valence-electron chi connectivity index (χ3n) is 3.95. The van der Waals surface area contributed by atoms with Gasteiger partial charge in [-0.05, 0) is 48.0 Å². The van der Waals surface area contributed by atoms with Crippen molar-refractivity contribution in [2.75, 3.05) is 26.6 Å². The number of hydrogen-bond donors (Lipinski definition) is 1. The van der Waals surface area contributed by atoms with Crippen molar-refractivity contribution in [3.8, 4) is 28.5 Å². The van der Waals surface area contributed by atoms with Gasteiger partial charge < -0.3 is 14.2 Å². The molecule has 3 rings (SSSR count). The first-order valence-corrected chi connectivity index (χ1v) is 9.32. The first-order valence-electron chi connectivity index (χ1n) is 8.44. The van der Waals surface area contributed by atoms with Crippen molar-refractivity contribution in [1.29, 1.82) is 0 Å². The minimum absolute atomic E-state index is 0.259. The van der Waals surface area contributed by atoms with E-state index in [0.29, 0.717) is 16.6 Å². The summed E-state index contributed by atoms with van der Waals surface area (Å²) >= 11 is 1.37. The molecule has 144 valence electrons. The highest BCUT2D eigenvalue weighted by Gasteiger charge is 2.07. The average Bonchev–Trinajstić information content (AvgIpc) is 3.20. The van der Waals surface area contributed by atoms with E-state index in [2.05, 4.69) is 10.3 Å². The maximum atomic E-state index is 12.2. The zero-order chi connectivity index (χ0) is 19.9. The fourth-order valence-electron chi connectivity index (χ4n) is 2.50. The monoisotopic (exact) mass is 396 g/mol. The van der Waals surface area contributed by atoms with Crippen molar-refractivity contribution in [1.82, 2.24) is 4.98 Å². The van der Waals surface area contributed by atoms with Crippen LogP contribution in [-0.4, -0.2) is 32.2 Å². The van der Waals surface area contributed by atoms with E-state index in [-0.39, 0.29) is 5.91 Å². The molecule has 28 heavy (non-hydrogen) atoms. The first kappa shape index (κ1) is 19.4. The zero-order valence-corrected chi connectivity index (χ0v) is 16.6. The molecule has 1 N–H and O–H groups in total. The van der Waals surface area contributed by atoms with Crippen LogP contribution in [0.2, 0.25) is 0 Å². The SMILES string of the molecule is COc1ccc(-c2csc(NC(=O)/C=C/c3ccc(OC)c(OC)c3)n2)cc1. The molecule has 0 aliphatic heterocycles. The minimum Gasteiger partial charge on any atom is -0.497 e. The molecule has 0 saturated heterocycles. The standard InChI is InChI=1S/C21H20N2O4S/c1-25-16-8-6-15(7-9-16)17-13-28-21(22-17)23-20(24)11-5-14-4-10-18(26-2)19(12-14)27-3/h4-13H,1-3H3,(H,22,23,24)/b11-5+. The summed E-state index contributed by atoms with van der Waals surface area (Å²) in [5, 5.41) is 5.21. The Morgan fingerprint density at radius 3 is 2.43 bits per heavy atom. The van der Waals surface area contributed by atoms with Gasteiger partial charge in [0.2, 0.25) is 5.91 Å². The Balaban J connectivity index is 1.65. The Labute approximate surface area is 167 Å². The third kappa shape index (κ3) is 4.69. The van der Waals surface area contributed by atoms with E-state index in [1.807, 2.05) is 35.7 Å². The summed E-state index contributed by atoms with van der Waals surface area (Å²) in [5.41, 5.74) is 2.58. The highest BCUT2D eigenvalue weighted by Crippen LogP contribution is 2.28. The van der Waals surface area contributed by atoms with Crippen LogP contribution in [0.15, 0.2) is 53.9 Å². The van der Waals surface area contributed by atoms with E-state index in [1.54, 1.807) is 39.5 Å². The highest BCUT2D eigenvalue weighted by atomic mass is 32.1. The fourth-order valence-corrected chi connectivity index (χ4v) is 3.22. The van der Waals surface area contributed by atoms with Crippen LogP contribution in [0.1, 0.15) is 5.56 Å². The number of carbonyl (C=O) groups excluding carboxylic acids is 1. The molecule has 0 aliphatic rings. The number of hydrogen-bond acceptors (Lipinski definition) is 6. The van der Waals surface area contributed by atoms with Gasteiger partial charge in [0.15, 0.2) is 16.6 Å². The summed E-state index contributed by atoms with van der Waals surface area (Å²) in [4.78, 5) is 16.6. The maximum Gasteiger partial charge on any atom is 0.250 e. The molecule has 6 nitrogen and oxygen atoms in total. The number of anilines is 1. The maximum absolute atomic E-state index is 12.2.